The number of carbonyl (C=O) groups excluding carboxylic acids is 2. The Morgan fingerprint density at radius 2 is 1.79 bits per heavy atom. The van der Waals surface area contributed by atoms with E-state index in [1.54, 1.807) is 18.9 Å². The summed E-state index contributed by atoms with van der Waals surface area (Å²) in [4.78, 5) is 25.6. The van der Waals surface area contributed by atoms with Crippen LogP contribution < -0.4 is 0 Å². The Labute approximate surface area is 144 Å². The lowest BCUT2D eigenvalue weighted by Gasteiger charge is -2.22. The van der Waals surface area contributed by atoms with Crippen molar-refractivity contribution in [1.82, 2.24) is 4.90 Å². The van der Waals surface area contributed by atoms with Crippen LogP contribution in [0.25, 0.3) is 0 Å². The summed E-state index contributed by atoms with van der Waals surface area (Å²) in [6.07, 6.45) is 2.37. The Hall–Kier alpha value is -1.88. The monoisotopic (exact) mass is 335 g/mol. The van der Waals surface area contributed by atoms with Crippen LogP contribution in [0.1, 0.15) is 37.3 Å². The third-order valence-corrected chi connectivity index (χ3v) is 3.79. The fourth-order valence-corrected chi connectivity index (χ4v) is 2.38. The van der Waals surface area contributed by atoms with Crippen molar-refractivity contribution >= 4 is 11.9 Å². The van der Waals surface area contributed by atoms with Crippen molar-refractivity contribution in [1.29, 1.82) is 0 Å². The van der Waals surface area contributed by atoms with Gasteiger partial charge in [-0.25, -0.2) is 0 Å². The Bertz CT molecular complexity index is 499. The third kappa shape index (κ3) is 8.11. The lowest BCUT2D eigenvalue weighted by Crippen LogP contribution is -2.35. The Morgan fingerprint density at radius 3 is 2.42 bits per heavy atom. The highest BCUT2D eigenvalue weighted by molar-refractivity contribution is 5.77. The van der Waals surface area contributed by atoms with Crippen molar-refractivity contribution < 1.29 is 19.1 Å². The first-order valence-electron chi connectivity index (χ1n) is 8.54. The predicted octanol–water partition coefficient (Wildman–Crippen LogP) is 2.75. The van der Waals surface area contributed by atoms with Crippen LogP contribution in [0.3, 0.4) is 0 Å². The summed E-state index contributed by atoms with van der Waals surface area (Å²) in [5.74, 6) is -0.212. The van der Waals surface area contributed by atoms with E-state index >= 15 is 0 Å². The van der Waals surface area contributed by atoms with Crippen molar-refractivity contribution in [2.45, 2.75) is 39.5 Å². The number of ether oxygens (including phenoxy) is 2. The van der Waals surface area contributed by atoms with Gasteiger partial charge in [-0.3, -0.25) is 9.59 Å². The van der Waals surface area contributed by atoms with E-state index in [-0.39, 0.29) is 18.3 Å². The highest BCUT2D eigenvalue weighted by Crippen LogP contribution is 2.09. The molecule has 1 aromatic carbocycles. The molecule has 0 aromatic heterocycles. The zero-order chi connectivity index (χ0) is 17.8. The molecule has 0 saturated carbocycles. The minimum Gasteiger partial charge on any atom is -0.466 e. The van der Waals surface area contributed by atoms with Crippen LogP contribution in [0.5, 0.6) is 0 Å². The molecule has 5 nitrogen and oxygen atoms in total. The van der Waals surface area contributed by atoms with E-state index < -0.39 is 0 Å². The molecule has 134 valence electrons. The highest BCUT2D eigenvalue weighted by atomic mass is 16.5. The van der Waals surface area contributed by atoms with Gasteiger partial charge in [-0.2, -0.15) is 0 Å². The van der Waals surface area contributed by atoms with Gasteiger partial charge in [0.25, 0.3) is 0 Å². The second-order valence-corrected chi connectivity index (χ2v) is 5.77. The average Bonchev–Trinajstić information content (AvgIpc) is 2.57. The quantitative estimate of drug-likeness (QED) is 0.584. The number of esters is 1. The van der Waals surface area contributed by atoms with Crippen molar-refractivity contribution in [3.63, 3.8) is 0 Å². The zero-order valence-electron chi connectivity index (χ0n) is 15.0. The molecule has 0 saturated heterocycles. The molecular formula is C19H29NO4. The van der Waals surface area contributed by atoms with Crippen molar-refractivity contribution in [2.75, 3.05) is 33.4 Å². The molecule has 1 rings (SSSR count). The number of hydrogen-bond acceptors (Lipinski definition) is 4. The molecule has 0 radical (unpaired) electrons. The summed E-state index contributed by atoms with van der Waals surface area (Å²) < 4.78 is 9.97. The van der Waals surface area contributed by atoms with Gasteiger partial charge in [-0.15, -0.1) is 0 Å². The SMILES string of the molecule is CCOC(=O)CCN(CCOC)C(=O)CCCc1ccc(C)cc1. The fraction of sp³-hybridized carbons (Fsp3) is 0.579. The molecule has 0 aliphatic carbocycles. The van der Waals surface area contributed by atoms with Gasteiger partial charge in [0, 0.05) is 26.6 Å². The summed E-state index contributed by atoms with van der Waals surface area (Å²) in [7, 11) is 1.60. The van der Waals surface area contributed by atoms with E-state index in [0.717, 1.165) is 12.8 Å². The summed E-state index contributed by atoms with van der Waals surface area (Å²) >= 11 is 0. The Kier molecular flexibility index (Phi) is 9.77. The van der Waals surface area contributed by atoms with Crippen LogP contribution in [0.2, 0.25) is 0 Å². The number of hydrogen-bond donors (Lipinski definition) is 0. The molecule has 0 bridgehead atoms. The van der Waals surface area contributed by atoms with Gasteiger partial charge in [0.15, 0.2) is 0 Å². The second kappa shape index (κ2) is 11.6. The molecular weight excluding hydrogens is 306 g/mol. The van der Waals surface area contributed by atoms with Crippen LogP contribution in [-0.4, -0.2) is 50.2 Å². The molecule has 0 unspecified atom stereocenters. The first-order valence-corrected chi connectivity index (χ1v) is 8.54. The van der Waals surface area contributed by atoms with Crippen molar-refractivity contribution in [3.8, 4) is 0 Å². The molecule has 0 fully saturated rings. The van der Waals surface area contributed by atoms with E-state index in [4.69, 9.17) is 9.47 Å². The number of carbonyl (C=O) groups is 2. The first kappa shape index (κ1) is 20.2. The zero-order valence-corrected chi connectivity index (χ0v) is 15.0. The van der Waals surface area contributed by atoms with E-state index in [1.165, 1.54) is 11.1 Å². The summed E-state index contributed by atoms with van der Waals surface area (Å²) in [5, 5.41) is 0. The van der Waals surface area contributed by atoms with Crippen LogP contribution in [0.4, 0.5) is 0 Å². The summed E-state index contributed by atoms with van der Waals surface area (Å²) in [6.45, 7) is 5.54. The molecule has 5 heteroatoms. The molecule has 0 spiro atoms. The maximum atomic E-state index is 12.4. The van der Waals surface area contributed by atoms with E-state index in [1.807, 2.05) is 0 Å². The molecule has 0 aliphatic heterocycles. The fourth-order valence-electron chi connectivity index (χ4n) is 2.38. The minimum absolute atomic E-state index is 0.0588. The summed E-state index contributed by atoms with van der Waals surface area (Å²) in [5.41, 5.74) is 2.47. The lowest BCUT2D eigenvalue weighted by atomic mass is 10.1. The van der Waals surface area contributed by atoms with E-state index in [9.17, 15) is 9.59 Å². The van der Waals surface area contributed by atoms with Crippen molar-refractivity contribution in [3.05, 3.63) is 35.4 Å². The molecule has 0 atom stereocenters. The smallest absolute Gasteiger partial charge is 0.307 e. The van der Waals surface area contributed by atoms with Crippen molar-refractivity contribution in [2.24, 2.45) is 0 Å². The van der Waals surface area contributed by atoms with Crippen LogP contribution in [0.15, 0.2) is 24.3 Å². The number of aryl methyl sites for hydroxylation is 2. The maximum absolute atomic E-state index is 12.4. The topological polar surface area (TPSA) is 55.8 Å². The average molecular weight is 335 g/mol. The van der Waals surface area contributed by atoms with Gasteiger partial charge in [0.05, 0.1) is 19.6 Å². The number of amides is 1. The normalized spacial score (nSPS) is 10.5. The number of nitrogens with zero attached hydrogens (tertiary/aromatic N) is 1. The number of benzene rings is 1. The minimum atomic E-state index is -0.271. The van der Waals surface area contributed by atoms with Crippen LogP contribution in [-0.2, 0) is 25.5 Å². The predicted molar refractivity (Wildman–Crippen MR) is 93.8 cm³/mol. The molecule has 0 aliphatic rings. The maximum Gasteiger partial charge on any atom is 0.307 e. The Balaban J connectivity index is 2.41. The molecule has 1 amide bonds. The molecule has 0 heterocycles. The van der Waals surface area contributed by atoms with Crippen LogP contribution in [0, 0.1) is 6.92 Å². The number of methoxy groups -OCH3 is 1. The van der Waals surface area contributed by atoms with Crippen LogP contribution >= 0.6 is 0 Å². The van der Waals surface area contributed by atoms with E-state index in [2.05, 4.69) is 31.2 Å². The van der Waals surface area contributed by atoms with E-state index in [0.29, 0.717) is 32.7 Å². The summed E-state index contributed by atoms with van der Waals surface area (Å²) in [6, 6.07) is 8.37. The third-order valence-electron chi connectivity index (χ3n) is 3.79. The molecule has 0 N–H and O–H groups in total. The molecule has 24 heavy (non-hydrogen) atoms. The molecule has 1 aromatic rings. The van der Waals surface area contributed by atoms with Gasteiger partial charge in [0.2, 0.25) is 5.91 Å². The largest absolute Gasteiger partial charge is 0.466 e. The highest BCUT2D eigenvalue weighted by Gasteiger charge is 2.15. The van der Waals surface area contributed by atoms with Gasteiger partial charge >= 0.3 is 5.97 Å². The standard InChI is InChI=1S/C19H29NO4/c1-4-24-19(22)12-13-20(14-15-23-3)18(21)7-5-6-17-10-8-16(2)9-11-17/h8-11H,4-7,12-15H2,1-3H3. The van der Waals surface area contributed by atoms with Gasteiger partial charge in [-0.05, 0) is 32.3 Å². The second-order valence-electron chi connectivity index (χ2n) is 5.77. The number of rotatable bonds is 11. The lowest BCUT2D eigenvalue weighted by molar-refractivity contribution is -0.144. The van der Waals surface area contributed by atoms with Gasteiger partial charge < -0.3 is 14.4 Å². The van der Waals surface area contributed by atoms with Gasteiger partial charge in [-0.1, -0.05) is 29.8 Å². The first-order chi connectivity index (χ1) is 11.6. The van der Waals surface area contributed by atoms with Gasteiger partial charge in [0.1, 0.15) is 0 Å². The Morgan fingerprint density at radius 1 is 1.08 bits per heavy atom.